The van der Waals surface area contributed by atoms with Crippen molar-refractivity contribution in [3.63, 3.8) is 0 Å². The fraction of sp³-hybridized carbons (Fsp3) is 0.824. The number of imidazole rings is 1. The summed E-state index contributed by atoms with van der Waals surface area (Å²) in [6, 6.07) is 0. The van der Waals surface area contributed by atoms with E-state index >= 15 is 0 Å². The molecule has 2 rings (SSSR count). The second-order valence-electron chi connectivity index (χ2n) is 6.59. The molecule has 3 heteroatoms. The monoisotopic (exact) mass is 277 g/mol. The van der Waals surface area contributed by atoms with Gasteiger partial charge in [-0.1, -0.05) is 52.9 Å². The highest BCUT2D eigenvalue weighted by molar-refractivity contribution is 5.41. The quantitative estimate of drug-likeness (QED) is 0.784. The van der Waals surface area contributed by atoms with Gasteiger partial charge in [0, 0.05) is 18.4 Å². The molecular weight excluding hydrogens is 246 g/mol. The third kappa shape index (κ3) is 3.36. The zero-order valence-electron chi connectivity index (χ0n) is 13.5. The summed E-state index contributed by atoms with van der Waals surface area (Å²) < 4.78 is 2.29. The van der Waals surface area contributed by atoms with Gasteiger partial charge in [0.2, 0.25) is 0 Å². The van der Waals surface area contributed by atoms with Crippen LogP contribution in [0.1, 0.15) is 95.5 Å². The van der Waals surface area contributed by atoms with E-state index in [0.29, 0.717) is 11.8 Å². The molecule has 0 bridgehead atoms. The summed E-state index contributed by atoms with van der Waals surface area (Å²) in [7, 11) is 0. The summed E-state index contributed by atoms with van der Waals surface area (Å²) in [6.07, 6.45) is 10.4. The fourth-order valence-corrected chi connectivity index (χ4v) is 3.35. The van der Waals surface area contributed by atoms with E-state index in [2.05, 4.69) is 25.3 Å². The van der Waals surface area contributed by atoms with Gasteiger partial charge in [-0.15, -0.1) is 0 Å². The van der Waals surface area contributed by atoms with E-state index in [1.165, 1.54) is 62.9 Å². The van der Waals surface area contributed by atoms with Gasteiger partial charge in [0.05, 0.1) is 5.69 Å². The lowest BCUT2D eigenvalue weighted by Gasteiger charge is -2.13. The molecule has 0 atom stereocenters. The second kappa shape index (κ2) is 7.14. The molecule has 1 aliphatic carbocycles. The molecule has 114 valence electrons. The molecule has 0 spiro atoms. The van der Waals surface area contributed by atoms with Crippen molar-refractivity contribution in [3.05, 3.63) is 11.5 Å². The number of anilines is 1. The molecule has 1 aliphatic rings. The van der Waals surface area contributed by atoms with Crippen LogP contribution in [0.4, 0.5) is 5.82 Å². The molecule has 0 aromatic carbocycles. The first-order valence-electron chi connectivity index (χ1n) is 8.50. The van der Waals surface area contributed by atoms with Crippen molar-refractivity contribution in [2.45, 2.75) is 90.5 Å². The maximum atomic E-state index is 6.47. The third-order valence-electron chi connectivity index (χ3n) is 4.56. The summed E-state index contributed by atoms with van der Waals surface area (Å²) in [5.41, 5.74) is 7.67. The first-order chi connectivity index (χ1) is 9.65. The molecule has 3 nitrogen and oxygen atoms in total. The van der Waals surface area contributed by atoms with Gasteiger partial charge < -0.3 is 10.3 Å². The highest BCUT2D eigenvalue weighted by Gasteiger charge is 2.24. The van der Waals surface area contributed by atoms with Gasteiger partial charge in [0.1, 0.15) is 11.6 Å². The van der Waals surface area contributed by atoms with Crippen molar-refractivity contribution in [2.24, 2.45) is 0 Å². The normalized spacial score (nSPS) is 17.6. The Hall–Kier alpha value is -0.990. The Balaban J connectivity index is 2.27. The predicted octanol–water partition coefficient (Wildman–Crippen LogP) is 4.83. The van der Waals surface area contributed by atoms with E-state index in [0.717, 1.165) is 12.4 Å². The van der Waals surface area contributed by atoms with Crippen molar-refractivity contribution in [2.75, 3.05) is 5.73 Å². The van der Waals surface area contributed by atoms with Gasteiger partial charge in [0.15, 0.2) is 0 Å². The van der Waals surface area contributed by atoms with Crippen LogP contribution in [0.15, 0.2) is 0 Å². The zero-order valence-corrected chi connectivity index (χ0v) is 13.5. The minimum atomic E-state index is 0.452. The molecule has 20 heavy (non-hydrogen) atoms. The van der Waals surface area contributed by atoms with E-state index in [1.807, 2.05) is 0 Å². The largest absolute Gasteiger partial charge is 0.384 e. The summed E-state index contributed by atoms with van der Waals surface area (Å²) in [6.45, 7) is 7.70. The minimum absolute atomic E-state index is 0.452. The van der Waals surface area contributed by atoms with Crippen LogP contribution in [0, 0.1) is 0 Å². The molecule has 0 amide bonds. The Bertz CT molecular complexity index is 412. The number of nitrogens with two attached hydrogens (primary N) is 1. The van der Waals surface area contributed by atoms with Crippen LogP contribution in [-0.4, -0.2) is 9.55 Å². The number of nitrogens with zero attached hydrogens (tertiary/aromatic N) is 2. The zero-order chi connectivity index (χ0) is 14.5. The Morgan fingerprint density at radius 3 is 2.40 bits per heavy atom. The van der Waals surface area contributed by atoms with E-state index in [4.69, 9.17) is 10.7 Å². The number of nitrogen functional groups attached to an aromatic ring is 1. The molecule has 0 saturated heterocycles. The number of hydrogen-bond donors (Lipinski definition) is 1. The van der Waals surface area contributed by atoms with Gasteiger partial charge >= 0.3 is 0 Å². The van der Waals surface area contributed by atoms with Crippen LogP contribution in [0.25, 0.3) is 0 Å². The summed E-state index contributed by atoms with van der Waals surface area (Å²) in [4.78, 5) is 4.97. The molecule has 0 radical (unpaired) electrons. The van der Waals surface area contributed by atoms with Gasteiger partial charge in [-0.2, -0.15) is 0 Å². The molecule has 2 N–H and O–H groups in total. The molecule has 1 saturated carbocycles. The predicted molar refractivity (Wildman–Crippen MR) is 86.1 cm³/mol. The van der Waals surface area contributed by atoms with Crippen LogP contribution < -0.4 is 5.73 Å². The van der Waals surface area contributed by atoms with E-state index < -0.39 is 0 Å². The van der Waals surface area contributed by atoms with Crippen LogP contribution >= 0.6 is 0 Å². The van der Waals surface area contributed by atoms with Crippen LogP contribution in [0.2, 0.25) is 0 Å². The van der Waals surface area contributed by atoms with E-state index in [-0.39, 0.29) is 0 Å². The van der Waals surface area contributed by atoms with E-state index in [9.17, 15) is 0 Å². The Morgan fingerprint density at radius 1 is 1.20 bits per heavy atom. The van der Waals surface area contributed by atoms with Gasteiger partial charge in [-0.3, -0.25) is 0 Å². The second-order valence-corrected chi connectivity index (χ2v) is 6.59. The van der Waals surface area contributed by atoms with Crippen molar-refractivity contribution in [3.8, 4) is 0 Å². The van der Waals surface area contributed by atoms with Crippen molar-refractivity contribution in [1.29, 1.82) is 0 Å². The highest BCUT2D eigenvalue weighted by Crippen LogP contribution is 2.35. The lowest BCUT2D eigenvalue weighted by atomic mass is 9.96. The molecule has 1 heterocycles. The first-order valence-corrected chi connectivity index (χ1v) is 8.50. The molecule has 0 aliphatic heterocycles. The fourth-order valence-electron chi connectivity index (χ4n) is 3.35. The SMILES string of the molecule is CCCCn1c(C(C)C)nc(C2CCCCCC2)c1N. The molecule has 0 unspecified atom stereocenters. The summed E-state index contributed by atoms with van der Waals surface area (Å²) in [5.74, 6) is 3.19. The number of unbranched alkanes of at least 4 members (excludes halogenated alkanes) is 1. The molecular formula is C17H31N3. The molecule has 1 aromatic rings. The molecule has 1 aromatic heterocycles. The summed E-state index contributed by atoms with van der Waals surface area (Å²) >= 11 is 0. The number of aromatic nitrogens is 2. The van der Waals surface area contributed by atoms with Gasteiger partial charge in [-0.05, 0) is 19.3 Å². The van der Waals surface area contributed by atoms with Gasteiger partial charge in [-0.25, -0.2) is 4.98 Å². The van der Waals surface area contributed by atoms with Crippen LogP contribution in [-0.2, 0) is 6.54 Å². The Labute approximate surface area is 124 Å². The maximum absolute atomic E-state index is 6.47. The topological polar surface area (TPSA) is 43.8 Å². The van der Waals surface area contributed by atoms with E-state index in [1.54, 1.807) is 0 Å². The maximum Gasteiger partial charge on any atom is 0.127 e. The van der Waals surface area contributed by atoms with Crippen molar-refractivity contribution in [1.82, 2.24) is 9.55 Å². The van der Waals surface area contributed by atoms with Crippen LogP contribution in [0.3, 0.4) is 0 Å². The molecule has 1 fully saturated rings. The third-order valence-corrected chi connectivity index (χ3v) is 4.56. The van der Waals surface area contributed by atoms with Gasteiger partial charge in [0.25, 0.3) is 0 Å². The number of hydrogen-bond acceptors (Lipinski definition) is 2. The Kier molecular flexibility index (Phi) is 5.50. The first kappa shape index (κ1) is 15.4. The highest BCUT2D eigenvalue weighted by atomic mass is 15.1. The minimum Gasteiger partial charge on any atom is -0.384 e. The standard InChI is InChI=1S/C17H31N3/c1-4-5-12-20-16(18)15(19-17(20)13(2)3)14-10-8-6-7-9-11-14/h13-14H,4-12,18H2,1-3H3. The lowest BCUT2D eigenvalue weighted by Crippen LogP contribution is -2.09. The number of rotatable bonds is 5. The average molecular weight is 277 g/mol. The lowest BCUT2D eigenvalue weighted by molar-refractivity contribution is 0.579. The van der Waals surface area contributed by atoms with Crippen molar-refractivity contribution >= 4 is 5.82 Å². The average Bonchev–Trinajstić information content (AvgIpc) is 2.62. The smallest absolute Gasteiger partial charge is 0.127 e. The Morgan fingerprint density at radius 2 is 1.85 bits per heavy atom. The van der Waals surface area contributed by atoms with Crippen LogP contribution in [0.5, 0.6) is 0 Å². The van der Waals surface area contributed by atoms with Crippen molar-refractivity contribution < 1.29 is 0 Å². The summed E-state index contributed by atoms with van der Waals surface area (Å²) in [5, 5.41) is 0.